The number of hydrogen-bond acceptors (Lipinski definition) is 5. The van der Waals surface area contributed by atoms with Crippen molar-refractivity contribution in [2.75, 3.05) is 11.1 Å². The zero-order valence-corrected chi connectivity index (χ0v) is 21.0. The number of amidine groups is 1. The van der Waals surface area contributed by atoms with Gasteiger partial charge in [0.2, 0.25) is 6.10 Å². The van der Waals surface area contributed by atoms with E-state index < -0.39 is 15.9 Å². The Balaban J connectivity index is 1.59. The number of carbonyl (C=O) groups excluding carboxylic acids is 1. The summed E-state index contributed by atoms with van der Waals surface area (Å²) in [5, 5.41) is 10.5. The lowest BCUT2D eigenvalue weighted by Crippen LogP contribution is -2.25. The van der Waals surface area contributed by atoms with Crippen LogP contribution in [0.3, 0.4) is 0 Å². The van der Waals surface area contributed by atoms with Crippen molar-refractivity contribution in [3.63, 3.8) is 0 Å². The number of benzene rings is 4. The van der Waals surface area contributed by atoms with Crippen molar-refractivity contribution >= 4 is 27.3 Å². The molecular formula is C29H27N3O4S. The fraction of sp³-hybridized carbons (Fsp3) is 0.103. The second-order valence-corrected chi connectivity index (χ2v) is 10.6. The number of amides is 1. The molecule has 1 amide bonds. The molecule has 4 rings (SSSR count). The summed E-state index contributed by atoms with van der Waals surface area (Å²) in [6.45, 7) is 1.62. The van der Waals surface area contributed by atoms with E-state index in [9.17, 15) is 13.2 Å². The number of ether oxygens (including phenoxy) is 1. The highest BCUT2D eigenvalue weighted by atomic mass is 32.2. The predicted octanol–water partition coefficient (Wildman–Crippen LogP) is 5.19. The number of anilines is 1. The first kappa shape index (κ1) is 25.7. The lowest BCUT2D eigenvalue weighted by Gasteiger charge is -2.20. The van der Waals surface area contributed by atoms with E-state index in [2.05, 4.69) is 5.32 Å². The Bertz CT molecular complexity index is 1520. The van der Waals surface area contributed by atoms with E-state index in [4.69, 9.17) is 15.9 Å². The number of nitrogens with two attached hydrogens (primary N) is 1. The van der Waals surface area contributed by atoms with Crippen LogP contribution in [0.2, 0.25) is 0 Å². The quantitative estimate of drug-likeness (QED) is 0.210. The first-order valence-electron chi connectivity index (χ1n) is 11.7. The molecule has 0 heterocycles. The summed E-state index contributed by atoms with van der Waals surface area (Å²) in [5.41, 5.74) is 8.61. The Kier molecular flexibility index (Phi) is 7.69. The van der Waals surface area contributed by atoms with Crippen LogP contribution in [0.5, 0.6) is 5.75 Å². The molecule has 188 valence electrons. The lowest BCUT2D eigenvalue weighted by atomic mass is 10.0. The number of hydrogen-bond donors (Lipinski definition) is 3. The minimum Gasteiger partial charge on any atom is -0.476 e. The van der Waals surface area contributed by atoms with Crippen molar-refractivity contribution < 1.29 is 17.9 Å². The SMILES string of the molecule is CCS(=O)(=O)c1ccccc1-c1ccc(NC(=O)C(Oc2cccc(C(=N)N)c2)c2ccccc2)cc1. The van der Waals surface area contributed by atoms with Crippen LogP contribution < -0.4 is 15.8 Å². The zero-order valence-electron chi connectivity index (χ0n) is 20.2. The van der Waals surface area contributed by atoms with Gasteiger partial charge in [-0.05, 0) is 35.9 Å². The summed E-state index contributed by atoms with van der Waals surface area (Å²) < 4.78 is 31.1. The fourth-order valence-electron chi connectivity index (χ4n) is 3.85. The Morgan fingerprint density at radius 1 is 0.919 bits per heavy atom. The standard InChI is InChI=1S/C29H27N3O4S/c1-2-37(34,35)26-14-7-6-13-25(26)20-15-17-23(18-16-20)32-29(33)27(21-9-4-3-5-10-21)36-24-12-8-11-22(19-24)28(30)31/h3-19,27H,2H2,1H3,(H3,30,31)(H,32,33). The minimum absolute atomic E-state index is 0.00829. The highest BCUT2D eigenvalue weighted by molar-refractivity contribution is 7.91. The van der Waals surface area contributed by atoms with Crippen LogP contribution >= 0.6 is 0 Å². The number of rotatable bonds is 9. The van der Waals surface area contributed by atoms with Crippen molar-refractivity contribution in [3.8, 4) is 16.9 Å². The van der Waals surface area contributed by atoms with Gasteiger partial charge in [-0.3, -0.25) is 10.2 Å². The molecule has 0 bridgehead atoms. The van der Waals surface area contributed by atoms with Gasteiger partial charge in [0, 0.05) is 22.4 Å². The minimum atomic E-state index is -3.39. The van der Waals surface area contributed by atoms with E-state index in [1.165, 1.54) is 0 Å². The molecule has 0 saturated heterocycles. The van der Waals surface area contributed by atoms with Crippen LogP contribution in [0.1, 0.15) is 24.2 Å². The van der Waals surface area contributed by atoms with Crippen molar-refractivity contribution in [1.29, 1.82) is 5.41 Å². The molecule has 0 radical (unpaired) electrons. The van der Waals surface area contributed by atoms with Gasteiger partial charge < -0.3 is 15.8 Å². The van der Waals surface area contributed by atoms with Gasteiger partial charge in [-0.1, -0.05) is 79.7 Å². The molecule has 4 aromatic rings. The molecular weight excluding hydrogens is 486 g/mol. The maximum absolute atomic E-state index is 13.3. The van der Waals surface area contributed by atoms with Gasteiger partial charge in [0.1, 0.15) is 11.6 Å². The van der Waals surface area contributed by atoms with E-state index in [-0.39, 0.29) is 22.4 Å². The molecule has 1 unspecified atom stereocenters. The average Bonchev–Trinajstić information content (AvgIpc) is 2.92. The molecule has 0 aliphatic rings. The number of carbonyl (C=O) groups is 1. The molecule has 0 aliphatic carbocycles. The Hall–Kier alpha value is -4.43. The van der Waals surface area contributed by atoms with E-state index in [1.54, 1.807) is 91.9 Å². The van der Waals surface area contributed by atoms with Crippen molar-refractivity contribution in [3.05, 3.63) is 114 Å². The van der Waals surface area contributed by atoms with Crippen LogP contribution in [0, 0.1) is 5.41 Å². The molecule has 0 aromatic heterocycles. The van der Waals surface area contributed by atoms with Crippen LogP contribution in [-0.2, 0) is 14.6 Å². The smallest absolute Gasteiger partial charge is 0.270 e. The third-order valence-electron chi connectivity index (χ3n) is 5.81. The Morgan fingerprint density at radius 2 is 1.59 bits per heavy atom. The topological polar surface area (TPSA) is 122 Å². The predicted molar refractivity (Wildman–Crippen MR) is 146 cm³/mol. The molecule has 8 heteroatoms. The molecule has 1 atom stereocenters. The number of nitrogen functional groups attached to an aromatic ring is 1. The number of nitrogens with one attached hydrogen (secondary N) is 2. The highest BCUT2D eigenvalue weighted by Gasteiger charge is 2.23. The van der Waals surface area contributed by atoms with Gasteiger partial charge in [0.15, 0.2) is 9.84 Å². The van der Waals surface area contributed by atoms with Crippen LogP contribution in [0.25, 0.3) is 11.1 Å². The summed E-state index contributed by atoms with van der Waals surface area (Å²) in [4.78, 5) is 13.6. The monoisotopic (exact) mass is 513 g/mol. The Labute approximate surface area is 216 Å². The highest BCUT2D eigenvalue weighted by Crippen LogP contribution is 2.30. The lowest BCUT2D eigenvalue weighted by molar-refractivity contribution is -0.123. The van der Waals surface area contributed by atoms with Crippen LogP contribution in [-0.4, -0.2) is 25.9 Å². The van der Waals surface area contributed by atoms with E-state index in [1.807, 2.05) is 18.2 Å². The van der Waals surface area contributed by atoms with Crippen molar-refractivity contribution in [2.45, 2.75) is 17.9 Å². The van der Waals surface area contributed by atoms with Gasteiger partial charge in [0.05, 0.1) is 10.6 Å². The molecule has 0 saturated carbocycles. The second kappa shape index (κ2) is 11.1. The third kappa shape index (κ3) is 6.05. The van der Waals surface area contributed by atoms with E-state index in [0.29, 0.717) is 28.1 Å². The Morgan fingerprint density at radius 3 is 2.27 bits per heavy atom. The van der Waals surface area contributed by atoms with Gasteiger partial charge in [0.25, 0.3) is 5.91 Å². The summed E-state index contributed by atoms with van der Waals surface area (Å²) in [5.74, 6) is -0.0737. The summed E-state index contributed by atoms with van der Waals surface area (Å²) in [6, 6.07) is 29.7. The molecule has 4 N–H and O–H groups in total. The van der Waals surface area contributed by atoms with Crippen molar-refractivity contribution in [2.24, 2.45) is 5.73 Å². The summed E-state index contributed by atoms with van der Waals surface area (Å²) in [7, 11) is -3.39. The average molecular weight is 514 g/mol. The second-order valence-electron chi connectivity index (χ2n) is 8.32. The maximum Gasteiger partial charge on any atom is 0.270 e. The van der Waals surface area contributed by atoms with E-state index >= 15 is 0 Å². The third-order valence-corrected chi connectivity index (χ3v) is 7.59. The molecule has 7 nitrogen and oxygen atoms in total. The van der Waals surface area contributed by atoms with Gasteiger partial charge >= 0.3 is 0 Å². The van der Waals surface area contributed by atoms with Crippen molar-refractivity contribution in [1.82, 2.24) is 0 Å². The number of sulfone groups is 1. The molecule has 0 spiro atoms. The largest absolute Gasteiger partial charge is 0.476 e. The summed E-state index contributed by atoms with van der Waals surface area (Å²) in [6.07, 6.45) is -0.960. The van der Waals surface area contributed by atoms with Crippen LogP contribution in [0.4, 0.5) is 5.69 Å². The van der Waals surface area contributed by atoms with Gasteiger partial charge in [-0.2, -0.15) is 0 Å². The fourth-order valence-corrected chi connectivity index (χ4v) is 4.96. The normalized spacial score (nSPS) is 11.9. The molecule has 0 aliphatic heterocycles. The molecule has 0 fully saturated rings. The molecule has 37 heavy (non-hydrogen) atoms. The first-order chi connectivity index (χ1) is 17.8. The van der Waals surface area contributed by atoms with Crippen LogP contribution in [0.15, 0.2) is 108 Å². The zero-order chi connectivity index (χ0) is 26.4. The summed E-state index contributed by atoms with van der Waals surface area (Å²) >= 11 is 0. The first-order valence-corrected chi connectivity index (χ1v) is 13.3. The van der Waals surface area contributed by atoms with Gasteiger partial charge in [-0.25, -0.2) is 8.42 Å². The maximum atomic E-state index is 13.3. The van der Waals surface area contributed by atoms with E-state index in [0.717, 1.165) is 5.56 Å². The van der Waals surface area contributed by atoms with Gasteiger partial charge in [-0.15, -0.1) is 0 Å². The molecule has 4 aromatic carbocycles.